The van der Waals surface area contributed by atoms with Gasteiger partial charge in [0.05, 0.1) is 42.1 Å². The van der Waals surface area contributed by atoms with Crippen LogP contribution in [0.2, 0.25) is 0 Å². The minimum atomic E-state index is -0.471. The van der Waals surface area contributed by atoms with Gasteiger partial charge < -0.3 is 50.0 Å². The highest BCUT2D eigenvalue weighted by Crippen LogP contribution is 2.38. The molecule has 560 valence electrons. The van der Waals surface area contributed by atoms with Crippen molar-refractivity contribution in [2.75, 3.05) is 54.8 Å². The lowest BCUT2D eigenvalue weighted by Crippen LogP contribution is -2.25. The second kappa shape index (κ2) is 35.9. The van der Waals surface area contributed by atoms with Gasteiger partial charge in [-0.2, -0.15) is 10.2 Å². The molecule has 6 aromatic carbocycles. The van der Waals surface area contributed by atoms with E-state index in [-0.39, 0.29) is 16.7 Å². The zero-order chi connectivity index (χ0) is 76.5. The fourth-order valence-electron chi connectivity index (χ4n) is 11.9. The van der Waals surface area contributed by atoms with Gasteiger partial charge in [-0.05, 0) is 228 Å². The van der Waals surface area contributed by atoms with Crippen LogP contribution >= 0.6 is 11.3 Å². The fourth-order valence-corrected chi connectivity index (χ4v) is 12.8. The standard InChI is InChI=1S/C30H32N4O3.C29H30N4O3.C28H30N4O3S/c1-3-4-17-37-24-13-9-22(10-14-24)27-18-25(26-15-16-34(33-26)19-21-7-8-21)28(30(36)32-27)29(35)31-23-11-5-20(2)6-12-23;1-3-4-17-36-23-13-7-20(8-14-23)26-18-24(25-15-16-33(32-25)22-11-12-22)27(29(35)31-26)28(34)30-21-9-5-19(2)6-10-21;1-5-6-15-35-21-13-9-19(10-14-21)23-16-22(24-17-29-28(36-24)32(3)4)25(27(34)31-23)26(33)30-20-11-7-18(2)8-12-20/h5-6,9-16,18,21H,3-4,7-8,17,19H2,1-2H3,(H,31,35)(H,32,36);5-10,13-16,18,22H,3-4,11-12,17H2,1-2H3,(H,30,34)(H,31,35);7-14,16-17H,5-6,15H2,1-4H3,(H,30,33)(H,31,34). The van der Waals surface area contributed by atoms with Crippen LogP contribution in [0.3, 0.4) is 0 Å². The molecule has 2 aliphatic carbocycles. The summed E-state index contributed by atoms with van der Waals surface area (Å²) in [6.07, 6.45) is 16.3. The Bertz CT molecular complexity index is 5070. The number of anilines is 4. The number of rotatable bonds is 28. The first-order chi connectivity index (χ1) is 52.9. The highest BCUT2D eigenvalue weighted by atomic mass is 32.1. The van der Waals surface area contributed by atoms with Gasteiger partial charge in [-0.1, -0.05) is 104 Å². The predicted molar refractivity (Wildman–Crippen MR) is 435 cm³/mol. The Morgan fingerprint density at radius 1 is 0.477 bits per heavy atom. The number of H-pyrrole nitrogens is 3. The second-order valence-corrected chi connectivity index (χ2v) is 28.7. The number of nitrogens with zero attached hydrogens (tertiary/aromatic N) is 6. The predicted octanol–water partition coefficient (Wildman–Crippen LogP) is 18.0. The van der Waals surface area contributed by atoms with Crippen molar-refractivity contribution < 1.29 is 28.6 Å². The van der Waals surface area contributed by atoms with Gasteiger partial charge in [-0.15, -0.1) is 0 Å². The lowest BCUT2D eigenvalue weighted by atomic mass is 10.0. The number of pyridine rings is 3. The number of hydrogen-bond acceptors (Lipinski definition) is 14. The van der Waals surface area contributed by atoms with Crippen molar-refractivity contribution in [2.45, 2.75) is 118 Å². The van der Waals surface area contributed by atoms with Gasteiger partial charge in [0.15, 0.2) is 5.13 Å². The maximum absolute atomic E-state index is 13.4. The summed E-state index contributed by atoms with van der Waals surface area (Å²) in [5.74, 6) is 1.60. The number of amides is 3. The van der Waals surface area contributed by atoms with E-state index in [0.717, 1.165) is 119 Å². The summed E-state index contributed by atoms with van der Waals surface area (Å²) in [5.41, 5.74) is 10.9. The third-order valence-electron chi connectivity index (χ3n) is 18.5. The Kier molecular flexibility index (Phi) is 25.2. The minimum absolute atomic E-state index is 0.0416. The lowest BCUT2D eigenvalue weighted by molar-refractivity contribution is 0.101. The van der Waals surface area contributed by atoms with Gasteiger partial charge in [0, 0.05) is 90.1 Å². The minimum Gasteiger partial charge on any atom is -0.494 e. The number of aromatic amines is 3. The number of thiazole rings is 1. The van der Waals surface area contributed by atoms with Crippen LogP contribution in [0.15, 0.2) is 209 Å². The molecular formula is C87H92N12O9S. The van der Waals surface area contributed by atoms with Gasteiger partial charge in [0.25, 0.3) is 34.4 Å². The van der Waals surface area contributed by atoms with Crippen LogP contribution in [-0.4, -0.2) is 91.1 Å². The third kappa shape index (κ3) is 20.3. The molecule has 6 heterocycles. The summed E-state index contributed by atoms with van der Waals surface area (Å²) < 4.78 is 21.1. The first-order valence-electron chi connectivity index (χ1n) is 37.3. The summed E-state index contributed by atoms with van der Waals surface area (Å²) in [7, 11) is 3.81. The summed E-state index contributed by atoms with van der Waals surface area (Å²) in [5, 5.41) is 18.8. The van der Waals surface area contributed by atoms with Gasteiger partial charge in [0.1, 0.15) is 33.9 Å². The molecule has 6 N–H and O–H groups in total. The van der Waals surface area contributed by atoms with Crippen molar-refractivity contribution in [1.82, 2.24) is 39.5 Å². The van der Waals surface area contributed by atoms with E-state index in [4.69, 9.17) is 24.4 Å². The van der Waals surface area contributed by atoms with Crippen molar-refractivity contribution in [3.63, 3.8) is 0 Å². The SMILES string of the molecule is CCCCOc1ccc(-c2cc(-c3ccn(C4CC4)n3)c(C(=O)Nc3ccc(C)cc3)c(=O)[nH]2)cc1.CCCCOc1ccc(-c2cc(-c3ccn(CC4CC4)n3)c(C(=O)Nc3ccc(C)cc3)c(=O)[nH]2)cc1.CCCCOc1ccc(-c2cc(-c3cnc(N(C)C)s3)c(C(=O)Nc3ccc(C)cc3)c(=O)[nH]2)cc1. The van der Waals surface area contributed by atoms with E-state index >= 15 is 0 Å². The number of nitrogens with one attached hydrogen (secondary N) is 6. The van der Waals surface area contributed by atoms with E-state index in [9.17, 15) is 28.8 Å². The van der Waals surface area contributed by atoms with Gasteiger partial charge in [-0.3, -0.25) is 38.1 Å². The molecule has 0 aliphatic heterocycles. The number of aryl methyl sites for hydroxylation is 3. The summed E-state index contributed by atoms with van der Waals surface area (Å²) >= 11 is 1.42. The van der Waals surface area contributed by atoms with Crippen molar-refractivity contribution >= 4 is 51.3 Å². The van der Waals surface area contributed by atoms with Crippen molar-refractivity contribution in [1.29, 1.82) is 0 Å². The number of ether oxygens (including phenoxy) is 3. The molecular weight excluding hydrogens is 1390 g/mol. The van der Waals surface area contributed by atoms with Crippen LogP contribution in [0.25, 0.3) is 66.7 Å². The molecule has 22 heteroatoms. The Balaban J connectivity index is 0.000000152. The van der Waals surface area contributed by atoms with Crippen LogP contribution in [-0.2, 0) is 6.54 Å². The number of carbonyl (C=O) groups is 3. The van der Waals surface area contributed by atoms with E-state index in [0.29, 0.717) is 94.0 Å². The number of benzene rings is 6. The average Bonchev–Trinajstić information content (AvgIpc) is 1.77. The first kappa shape index (κ1) is 76.5. The Morgan fingerprint density at radius 2 is 0.844 bits per heavy atom. The number of aromatic nitrogens is 8. The van der Waals surface area contributed by atoms with Crippen LogP contribution in [0.1, 0.15) is 139 Å². The highest BCUT2D eigenvalue weighted by Gasteiger charge is 2.29. The van der Waals surface area contributed by atoms with E-state index in [1.54, 1.807) is 6.20 Å². The maximum Gasteiger partial charge on any atom is 0.261 e. The molecule has 109 heavy (non-hydrogen) atoms. The molecule has 0 atom stereocenters. The molecule has 0 radical (unpaired) electrons. The quantitative estimate of drug-likeness (QED) is 0.0250. The van der Waals surface area contributed by atoms with Gasteiger partial charge in [-0.25, -0.2) is 4.98 Å². The highest BCUT2D eigenvalue weighted by molar-refractivity contribution is 7.19. The monoisotopic (exact) mass is 1480 g/mol. The summed E-state index contributed by atoms with van der Waals surface area (Å²) in [6, 6.07) is 54.8. The average molecular weight is 1480 g/mol. The van der Waals surface area contributed by atoms with E-state index < -0.39 is 34.4 Å². The Hall–Kier alpha value is -12.2. The zero-order valence-electron chi connectivity index (χ0n) is 62.8. The second-order valence-electron chi connectivity index (χ2n) is 27.7. The van der Waals surface area contributed by atoms with Gasteiger partial charge in [0.2, 0.25) is 0 Å². The van der Waals surface area contributed by atoms with Crippen LogP contribution in [0.5, 0.6) is 17.2 Å². The van der Waals surface area contributed by atoms with Crippen molar-refractivity contribution in [3.05, 3.63) is 259 Å². The Morgan fingerprint density at radius 3 is 1.20 bits per heavy atom. The molecule has 12 aromatic rings. The first-order valence-corrected chi connectivity index (χ1v) is 38.1. The molecule has 6 aromatic heterocycles. The summed E-state index contributed by atoms with van der Waals surface area (Å²) in [4.78, 5) is 95.7. The topological polar surface area (TPSA) is 265 Å². The van der Waals surface area contributed by atoms with E-state index in [2.05, 4.69) is 56.7 Å². The smallest absolute Gasteiger partial charge is 0.261 e. The normalized spacial score (nSPS) is 12.2. The molecule has 3 amide bonds. The number of carbonyl (C=O) groups excluding carboxylic acids is 3. The van der Waals surface area contributed by atoms with Crippen LogP contribution in [0, 0.1) is 26.7 Å². The molecule has 0 bridgehead atoms. The number of hydrogen-bond donors (Lipinski definition) is 6. The van der Waals surface area contributed by atoms with E-state index in [1.807, 2.05) is 237 Å². The molecule has 0 saturated heterocycles. The van der Waals surface area contributed by atoms with Crippen LogP contribution in [0.4, 0.5) is 22.2 Å². The molecule has 21 nitrogen and oxygen atoms in total. The van der Waals surface area contributed by atoms with Crippen molar-refractivity contribution in [3.8, 4) is 84.0 Å². The zero-order valence-corrected chi connectivity index (χ0v) is 63.6. The van der Waals surface area contributed by atoms with Gasteiger partial charge >= 0.3 is 0 Å². The molecule has 0 unspecified atom stereocenters. The fraction of sp³-hybridized carbons (Fsp3) is 0.276. The van der Waals surface area contributed by atoms with Crippen LogP contribution < -0.4 is 51.7 Å². The van der Waals surface area contributed by atoms with E-state index in [1.165, 1.54) is 24.2 Å². The Labute approximate surface area is 637 Å². The molecule has 2 fully saturated rings. The molecule has 2 saturated carbocycles. The maximum atomic E-state index is 13.4. The molecule has 14 rings (SSSR count). The molecule has 2 aliphatic rings. The number of unbranched alkanes of at least 4 members (excludes halogenated alkanes) is 3. The molecule has 0 spiro atoms. The van der Waals surface area contributed by atoms with Crippen molar-refractivity contribution in [2.24, 2.45) is 5.92 Å². The summed E-state index contributed by atoms with van der Waals surface area (Å²) in [6.45, 7) is 15.2. The lowest BCUT2D eigenvalue weighted by Gasteiger charge is -2.12. The largest absolute Gasteiger partial charge is 0.494 e. The third-order valence-corrected chi connectivity index (χ3v) is 19.7.